The van der Waals surface area contributed by atoms with E-state index >= 15 is 0 Å². The molecule has 1 aromatic heterocycles. The number of nitrogens with one attached hydrogen (secondary N) is 1. The number of aromatic nitrogens is 1. The fraction of sp³-hybridized carbons (Fsp3) is 0.471. The Hall–Kier alpha value is -1.41. The molecule has 3 rings (SSSR count). The Balaban J connectivity index is 1.68. The molecule has 1 aliphatic carbocycles. The maximum absolute atomic E-state index is 4.34. The number of hydrogen-bond acceptors (Lipinski definition) is 2. The van der Waals surface area contributed by atoms with Crippen LogP contribution in [0.3, 0.4) is 0 Å². The van der Waals surface area contributed by atoms with Crippen LogP contribution >= 0.6 is 0 Å². The summed E-state index contributed by atoms with van der Waals surface area (Å²) in [7, 11) is 0. The number of pyridine rings is 1. The third kappa shape index (κ3) is 2.79. The molecule has 2 heteroatoms. The molecular formula is C17H22N2. The third-order valence-corrected chi connectivity index (χ3v) is 4.43. The zero-order chi connectivity index (χ0) is 13.1. The predicted octanol–water partition coefficient (Wildman–Crippen LogP) is 3.90. The summed E-state index contributed by atoms with van der Waals surface area (Å²) < 4.78 is 0. The molecule has 1 N–H and O–H groups in total. The maximum Gasteiger partial charge on any atom is 0.0346 e. The predicted molar refractivity (Wildman–Crippen MR) is 80.0 cm³/mol. The zero-order valence-electron chi connectivity index (χ0n) is 11.7. The summed E-state index contributed by atoms with van der Waals surface area (Å²) in [4.78, 5) is 4.34. The van der Waals surface area contributed by atoms with Crippen LogP contribution in [0.2, 0.25) is 0 Å². The molecule has 0 amide bonds. The molecule has 1 aromatic carbocycles. The van der Waals surface area contributed by atoms with E-state index in [1.165, 1.54) is 42.0 Å². The second kappa shape index (κ2) is 5.30. The summed E-state index contributed by atoms with van der Waals surface area (Å²) >= 11 is 0. The van der Waals surface area contributed by atoms with Crippen LogP contribution in [0.1, 0.15) is 38.2 Å². The molecule has 0 atom stereocenters. The average molecular weight is 254 g/mol. The van der Waals surface area contributed by atoms with Crippen molar-refractivity contribution in [3.8, 4) is 0 Å². The van der Waals surface area contributed by atoms with Gasteiger partial charge in [0.2, 0.25) is 0 Å². The first kappa shape index (κ1) is 12.6. The normalized spacial score (nSPS) is 17.9. The van der Waals surface area contributed by atoms with Crippen LogP contribution in [0.15, 0.2) is 36.7 Å². The van der Waals surface area contributed by atoms with Gasteiger partial charge in [-0.1, -0.05) is 44.0 Å². The van der Waals surface area contributed by atoms with E-state index in [0.29, 0.717) is 5.41 Å². The first-order chi connectivity index (χ1) is 9.27. The molecule has 1 saturated carbocycles. The van der Waals surface area contributed by atoms with Gasteiger partial charge in [-0.15, -0.1) is 0 Å². The van der Waals surface area contributed by atoms with Gasteiger partial charge in [0.05, 0.1) is 0 Å². The van der Waals surface area contributed by atoms with Crippen molar-refractivity contribution < 1.29 is 0 Å². The summed E-state index contributed by atoms with van der Waals surface area (Å²) in [6.07, 6.45) is 9.47. The van der Waals surface area contributed by atoms with Crippen LogP contribution in [-0.2, 0) is 6.54 Å². The van der Waals surface area contributed by atoms with Crippen molar-refractivity contribution >= 4 is 10.8 Å². The topological polar surface area (TPSA) is 24.9 Å². The Bertz CT molecular complexity index is 551. The Labute approximate surface area is 115 Å². The Morgan fingerprint density at radius 2 is 1.95 bits per heavy atom. The van der Waals surface area contributed by atoms with Crippen molar-refractivity contribution in [1.29, 1.82) is 0 Å². The summed E-state index contributed by atoms with van der Waals surface area (Å²) in [5, 5.41) is 6.19. The molecular weight excluding hydrogens is 232 g/mol. The van der Waals surface area contributed by atoms with E-state index < -0.39 is 0 Å². The molecule has 0 unspecified atom stereocenters. The molecule has 100 valence electrons. The van der Waals surface area contributed by atoms with Gasteiger partial charge in [-0.2, -0.15) is 0 Å². The largest absolute Gasteiger partial charge is 0.312 e. The molecule has 1 aliphatic rings. The maximum atomic E-state index is 4.34. The van der Waals surface area contributed by atoms with Gasteiger partial charge in [0.25, 0.3) is 0 Å². The molecule has 19 heavy (non-hydrogen) atoms. The van der Waals surface area contributed by atoms with E-state index in [0.717, 1.165) is 13.1 Å². The van der Waals surface area contributed by atoms with Gasteiger partial charge in [-0.3, -0.25) is 4.98 Å². The number of nitrogens with zero attached hydrogens (tertiary/aromatic N) is 1. The van der Waals surface area contributed by atoms with Gasteiger partial charge in [-0.25, -0.2) is 0 Å². The highest BCUT2D eigenvalue weighted by molar-refractivity contribution is 5.84. The van der Waals surface area contributed by atoms with E-state index in [9.17, 15) is 0 Å². The molecule has 0 bridgehead atoms. The Morgan fingerprint density at radius 3 is 2.79 bits per heavy atom. The van der Waals surface area contributed by atoms with Crippen LogP contribution < -0.4 is 5.32 Å². The number of rotatable bonds is 4. The molecule has 2 nitrogen and oxygen atoms in total. The van der Waals surface area contributed by atoms with Crippen molar-refractivity contribution in [3.63, 3.8) is 0 Å². The van der Waals surface area contributed by atoms with E-state index in [-0.39, 0.29) is 0 Å². The standard InChI is InChI=1S/C17H22N2/c1-17(8-4-5-9-17)13-19-12-15-11-18-10-14-6-2-3-7-16(14)15/h2-3,6-7,10-11,19H,4-5,8-9,12-13H2,1H3. The lowest BCUT2D eigenvalue weighted by atomic mass is 9.89. The van der Waals surface area contributed by atoms with Crippen LogP contribution in [0.25, 0.3) is 10.8 Å². The summed E-state index contributed by atoms with van der Waals surface area (Å²) in [6.45, 7) is 4.45. The smallest absolute Gasteiger partial charge is 0.0346 e. The van der Waals surface area contributed by atoms with Gasteiger partial charge >= 0.3 is 0 Å². The highest BCUT2D eigenvalue weighted by Gasteiger charge is 2.27. The first-order valence-electron chi connectivity index (χ1n) is 7.29. The molecule has 0 saturated heterocycles. The molecule has 0 spiro atoms. The number of hydrogen-bond donors (Lipinski definition) is 1. The molecule has 2 aromatic rings. The van der Waals surface area contributed by atoms with Crippen molar-refractivity contribution in [1.82, 2.24) is 10.3 Å². The van der Waals surface area contributed by atoms with Crippen LogP contribution in [0.4, 0.5) is 0 Å². The van der Waals surface area contributed by atoms with E-state index in [4.69, 9.17) is 0 Å². The number of fused-ring (bicyclic) bond motifs is 1. The molecule has 1 fully saturated rings. The monoisotopic (exact) mass is 254 g/mol. The lowest BCUT2D eigenvalue weighted by Crippen LogP contribution is -2.29. The average Bonchev–Trinajstić information content (AvgIpc) is 2.86. The SMILES string of the molecule is CC1(CNCc2cncc3ccccc23)CCCC1. The number of benzene rings is 1. The fourth-order valence-corrected chi connectivity index (χ4v) is 3.22. The second-order valence-electron chi connectivity index (χ2n) is 6.14. The van der Waals surface area contributed by atoms with E-state index in [1.54, 1.807) is 0 Å². The second-order valence-corrected chi connectivity index (χ2v) is 6.14. The third-order valence-electron chi connectivity index (χ3n) is 4.43. The lowest BCUT2D eigenvalue weighted by Gasteiger charge is -2.24. The van der Waals surface area contributed by atoms with Crippen LogP contribution in [0, 0.1) is 5.41 Å². The van der Waals surface area contributed by atoms with Crippen molar-refractivity contribution in [2.45, 2.75) is 39.2 Å². The van der Waals surface area contributed by atoms with E-state index in [1.807, 2.05) is 12.4 Å². The minimum absolute atomic E-state index is 0.512. The zero-order valence-corrected chi connectivity index (χ0v) is 11.7. The molecule has 0 aliphatic heterocycles. The van der Waals surface area contributed by atoms with Crippen molar-refractivity contribution in [3.05, 3.63) is 42.2 Å². The van der Waals surface area contributed by atoms with Gasteiger partial charge in [0, 0.05) is 30.9 Å². The fourth-order valence-electron chi connectivity index (χ4n) is 3.22. The molecule has 0 radical (unpaired) electrons. The first-order valence-corrected chi connectivity index (χ1v) is 7.29. The van der Waals surface area contributed by atoms with Gasteiger partial charge in [-0.05, 0) is 29.2 Å². The minimum Gasteiger partial charge on any atom is -0.312 e. The quantitative estimate of drug-likeness (QED) is 0.895. The highest BCUT2D eigenvalue weighted by Crippen LogP contribution is 2.36. The lowest BCUT2D eigenvalue weighted by molar-refractivity contribution is 0.315. The van der Waals surface area contributed by atoms with Crippen LogP contribution in [-0.4, -0.2) is 11.5 Å². The van der Waals surface area contributed by atoms with Gasteiger partial charge in [0.15, 0.2) is 0 Å². The summed E-state index contributed by atoms with van der Waals surface area (Å²) in [5.41, 5.74) is 1.82. The summed E-state index contributed by atoms with van der Waals surface area (Å²) in [6, 6.07) is 8.49. The molecule has 1 heterocycles. The van der Waals surface area contributed by atoms with Crippen molar-refractivity contribution in [2.75, 3.05) is 6.54 Å². The van der Waals surface area contributed by atoms with Gasteiger partial charge < -0.3 is 5.32 Å². The van der Waals surface area contributed by atoms with Gasteiger partial charge in [0.1, 0.15) is 0 Å². The van der Waals surface area contributed by atoms with Crippen molar-refractivity contribution in [2.24, 2.45) is 5.41 Å². The highest BCUT2D eigenvalue weighted by atomic mass is 14.9. The Morgan fingerprint density at radius 1 is 1.16 bits per heavy atom. The summed E-state index contributed by atoms with van der Waals surface area (Å²) in [5.74, 6) is 0. The van der Waals surface area contributed by atoms with E-state index in [2.05, 4.69) is 41.5 Å². The Kier molecular flexibility index (Phi) is 3.52. The van der Waals surface area contributed by atoms with Crippen LogP contribution in [0.5, 0.6) is 0 Å². The minimum atomic E-state index is 0.512.